The van der Waals surface area contributed by atoms with Crippen LogP contribution in [0.3, 0.4) is 0 Å². The molecule has 1 aliphatic rings. The van der Waals surface area contributed by atoms with Gasteiger partial charge in [0.25, 0.3) is 0 Å². The molecular weight excluding hydrogens is 246 g/mol. The summed E-state index contributed by atoms with van der Waals surface area (Å²) in [5.74, 6) is 0. The standard InChI is InChI=1S/C17H23N3/c1-3-10-20-12-17(13(2)19-20)16-7-5-4-6-14(16)11-18-15-8-9-15/h4-7,12,15,18H,3,8-11H2,1-2H3. The van der Waals surface area contributed by atoms with Gasteiger partial charge >= 0.3 is 0 Å². The quantitative estimate of drug-likeness (QED) is 0.869. The minimum Gasteiger partial charge on any atom is -0.310 e. The Balaban J connectivity index is 1.87. The lowest BCUT2D eigenvalue weighted by molar-refractivity contribution is 0.598. The molecule has 1 aromatic carbocycles. The van der Waals surface area contributed by atoms with Gasteiger partial charge in [-0.3, -0.25) is 4.68 Å². The van der Waals surface area contributed by atoms with Gasteiger partial charge in [-0.05, 0) is 37.3 Å². The number of benzene rings is 1. The summed E-state index contributed by atoms with van der Waals surface area (Å²) in [4.78, 5) is 0. The fourth-order valence-electron chi connectivity index (χ4n) is 2.60. The zero-order valence-electron chi connectivity index (χ0n) is 12.4. The van der Waals surface area contributed by atoms with Crippen LogP contribution in [0, 0.1) is 6.92 Å². The Morgan fingerprint density at radius 1 is 1.25 bits per heavy atom. The van der Waals surface area contributed by atoms with Crippen LogP contribution in [0.5, 0.6) is 0 Å². The molecule has 0 amide bonds. The summed E-state index contributed by atoms with van der Waals surface area (Å²) >= 11 is 0. The van der Waals surface area contributed by atoms with Gasteiger partial charge in [0, 0.05) is 30.9 Å². The first-order valence-corrected chi connectivity index (χ1v) is 7.63. The van der Waals surface area contributed by atoms with E-state index in [4.69, 9.17) is 0 Å². The van der Waals surface area contributed by atoms with E-state index in [0.29, 0.717) is 0 Å². The normalized spacial score (nSPS) is 14.7. The Bertz CT molecular complexity index is 582. The molecule has 0 saturated heterocycles. The molecule has 0 unspecified atom stereocenters. The van der Waals surface area contributed by atoms with Crippen molar-refractivity contribution in [3.63, 3.8) is 0 Å². The second-order valence-electron chi connectivity index (χ2n) is 5.70. The molecule has 20 heavy (non-hydrogen) atoms. The van der Waals surface area contributed by atoms with E-state index in [1.54, 1.807) is 0 Å². The molecular formula is C17H23N3. The highest BCUT2D eigenvalue weighted by Gasteiger charge is 2.20. The first-order chi connectivity index (χ1) is 9.78. The van der Waals surface area contributed by atoms with Crippen LogP contribution in [0.2, 0.25) is 0 Å². The Morgan fingerprint density at radius 2 is 2.05 bits per heavy atom. The molecule has 3 nitrogen and oxygen atoms in total. The van der Waals surface area contributed by atoms with Crippen LogP contribution in [-0.2, 0) is 13.1 Å². The summed E-state index contributed by atoms with van der Waals surface area (Å²) in [6.07, 6.45) is 5.96. The van der Waals surface area contributed by atoms with Gasteiger partial charge in [-0.15, -0.1) is 0 Å². The Kier molecular flexibility index (Phi) is 3.88. The van der Waals surface area contributed by atoms with E-state index in [9.17, 15) is 0 Å². The summed E-state index contributed by atoms with van der Waals surface area (Å²) in [7, 11) is 0. The van der Waals surface area contributed by atoms with Crippen molar-refractivity contribution < 1.29 is 0 Å². The number of nitrogens with one attached hydrogen (secondary N) is 1. The molecule has 0 spiro atoms. The number of rotatable bonds is 6. The van der Waals surface area contributed by atoms with Crippen molar-refractivity contribution in [3.05, 3.63) is 41.7 Å². The molecule has 1 aliphatic carbocycles. The minimum atomic E-state index is 0.743. The third kappa shape index (κ3) is 2.93. The largest absolute Gasteiger partial charge is 0.310 e. The van der Waals surface area contributed by atoms with E-state index in [2.05, 4.69) is 59.4 Å². The summed E-state index contributed by atoms with van der Waals surface area (Å²) in [5.41, 5.74) is 5.09. The van der Waals surface area contributed by atoms with Crippen LogP contribution < -0.4 is 5.32 Å². The second-order valence-corrected chi connectivity index (χ2v) is 5.70. The smallest absolute Gasteiger partial charge is 0.0672 e. The average molecular weight is 269 g/mol. The average Bonchev–Trinajstić information content (AvgIpc) is 3.21. The SMILES string of the molecule is CCCn1cc(-c2ccccc2CNC2CC2)c(C)n1. The summed E-state index contributed by atoms with van der Waals surface area (Å²) in [6, 6.07) is 9.42. The fourth-order valence-corrected chi connectivity index (χ4v) is 2.60. The van der Waals surface area contributed by atoms with Crippen molar-refractivity contribution in [2.45, 2.75) is 52.2 Å². The van der Waals surface area contributed by atoms with Gasteiger partial charge in [-0.1, -0.05) is 31.2 Å². The van der Waals surface area contributed by atoms with Crippen LogP contribution >= 0.6 is 0 Å². The van der Waals surface area contributed by atoms with E-state index in [-0.39, 0.29) is 0 Å². The summed E-state index contributed by atoms with van der Waals surface area (Å²) in [5, 5.41) is 8.23. The number of hydrogen-bond acceptors (Lipinski definition) is 2. The molecule has 0 atom stereocenters. The van der Waals surface area contributed by atoms with Gasteiger partial charge in [0.05, 0.1) is 5.69 Å². The molecule has 2 aromatic rings. The van der Waals surface area contributed by atoms with Gasteiger partial charge in [0.1, 0.15) is 0 Å². The maximum Gasteiger partial charge on any atom is 0.0672 e. The maximum atomic E-state index is 4.62. The fraction of sp³-hybridized carbons (Fsp3) is 0.471. The molecule has 3 heteroatoms. The van der Waals surface area contributed by atoms with Crippen LogP contribution in [0.4, 0.5) is 0 Å². The molecule has 1 aromatic heterocycles. The first-order valence-electron chi connectivity index (χ1n) is 7.63. The van der Waals surface area contributed by atoms with E-state index >= 15 is 0 Å². The van der Waals surface area contributed by atoms with Crippen LogP contribution in [-0.4, -0.2) is 15.8 Å². The minimum absolute atomic E-state index is 0.743. The molecule has 3 rings (SSSR count). The predicted octanol–water partition coefficient (Wildman–Crippen LogP) is 3.52. The second kappa shape index (κ2) is 5.80. The summed E-state index contributed by atoms with van der Waals surface area (Å²) in [6.45, 7) is 6.24. The Labute approximate surface area is 121 Å². The Hall–Kier alpha value is -1.61. The van der Waals surface area contributed by atoms with E-state index in [1.807, 2.05) is 0 Å². The van der Waals surface area contributed by atoms with Crippen LogP contribution in [0.25, 0.3) is 11.1 Å². The van der Waals surface area contributed by atoms with Gasteiger partial charge in [-0.2, -0.15) is 5.10 Å². The van der Waals surface area contributed by atoms with Crippen LogP contribution in [0.15, 0.2) is 30.5 Å². The molecule has 106 valence electrons. The lowest BCUT2D eigenvalue weighted by Gasteiger charge is -2.09. The number of nitrogens with zero attached hydrogens (tertiary/aromatic N) is 2. The highest BCUT2D eigenvalue weighted by molar-refractivity contribution is 5.68. The molecule has 0 radical (unpaired) electrons. The van der Waals surface area contributed by atoms with Gasteiger partial charge in [0.2, 0.25) is 0 Å². The van der Waals surface area contributed by atoms with Crippen molar-refractivity contribution in [2.75, 3.05) is 0 Å². The third-order valence-corrected chi connectivity index (χ3v) is 3.87. The van der Waals surface area contributed by atoms with Gasteiger partial charge in [-0.25, -0.2) is 0 Å². The summed E-state index contributed by atoms with van der Waals surface area (Å²) < 4.78 is 2.07. The van der Waals surface area contributed by atoms with E-state index in [1.165, 1.54) is 29.5 Å². The lowest BCUT2D eigenvalue weighted by atomic mass is 10.0. The van der Waals surface area contributed by atoms with Gasteiger partial charge in [0.15, 0.2) is 0 Å². The van der Waals surface area contributed by atoms with Crippen molar-refractivity contribution in [2.24, 2.45) is 0 Å². The highest BCUT2D eigenvalue weighted by Crippen LogP contribution is 2.27. The highest BCUT2D eigenvalue weighted by atomic mass is 15.3. The van der Waals surface area contributed by atoms with Crippen molar-refractivity contribution in [1.82, 2.24) is 15.1 Å². The maximum absolute atomic E-state index is 4.62. The topological polar surface area (TPSA) is 29.9 Å². The van der Waals surface area contributed by atoms with Crippen LogP contribution in [0.1, 0.15) is 37.4 Å². The molecule has 1 N–H and O–H groups in total. The molecule has 0 bridgehead atoms. The predicted molar refractivity (Wildman–Crippen MR) is 82.6 cm³/mol. The van der Waals surface area contributed by atoms with E-state index in [0.717, 1.165) is 31.2 Å². The third-order valence-electron chi connectivity index (χ3n) is 3.87. The molecule has 1 heterocycles. The lowest BCUT2D eigenvalue weighted by Crippen LogP contribution is -2.15. The molecule has 1 fully saturated rings. The number of hydrogen-bond donors (Lipinski definition) is 1. The molecule has 1 saturated carbocycles. The number of aromatic nitrogens is 2. The van der Waals surface area contributed by atoms with Crippen molar-refractivity contribution in [1.29, 1.82) is 0 Å². The zero-order valence-corrected chi connectivity index (χ0v) is 12.4. The number of aryl methyl sites for hydroxylation is 2. The van der Waals surface area contributed by atoms with Gasteiger partial charge < -0.3 is 5.32 Å². The zero-order chi connectivity index (χ0) is 13.9. The van der Waals surface area contributed by atoms with E-state index < -0.39 is 0 Å². The monoisotopic (exact) mass is 269 g/mol. The Morgan fingerprint density at radius 3 is 2.80 bits per heavy atom. The van der Waals surface area contributed by atoms with Crippen molar-refractivity contribution >= 4 is 0 Å². The molecule has 0 aliphatic heterocycles. The van der Waals surface area contributed by atoms with Crippen molar-refractivity contribution in [3.8, 4) is 11.1 Å². The first kappa shape index (κ1) is 13.4.